The van der Waals surface area contributed by atoms with Gasteiger partial charge in [0.25, 0.3) is 0 Å². The summed E-state index contributed by atoms with van der Waals surface area (Å²) in [5, 5.41) is 0.549. The molecule has 2 aromatic carbocycles. The Morgan fingerprint density at radius 3 is 2.39 bits per heavy atom. The fraction of sp³-hybridized carbons (Fsp3) is 0.227. The molecule has 1 unspecified atom stereocenters. The van der Waals surface area contributed by atoms with Crippen LogP contribution in [-0.4, -0.2) is 26.0 Å². The van der Waals surface area contributed by atoms with E-state index in [1.54, 1.807) is 30.3 Å². The number of fused-ring (bicyclic) bond motifs is 1. The van der Waals surface area contributed by atoms with Crippen LogP contribution in [0.1, 0.15) is 33.8 Å². The monoisotopic (exact) mass is 380 g/mol. The van der Waals surface area contributed by atoms with Crippen molar-refractivity contribution in [1.29, 1.82) is 0 Å². The third-order valence-corrected chi connectivity index (χ3v) is 4.61. The van der Waals surface area contributed by atoms with Gasteiger partial charge in [0.05, 0.1) is 20.1 Å². The number of ether oxygens (including phenoxy) is 2. The Balaban J connectivity index is 2.07. The fourth-order valence-electron chi connectivity index (χ4n) is 3.09. The zero-order chi connectivity index (χ0) is 20.3. The molecule has 0 bridgehead atoms. The fourth-order valence-corrected chi connectivity index (χ4v) is 3.09. The maximum Gasteiger partial charge on any atom is 0.336 e. The minimum Gasteiger partial charge on any atom is -0.497 e. The minimum atomic E-state index is -0.932. The first-order valence-electron chi connectivity index (χ1n) is 8.72. The standard InChI is InChI=1S/C22H20O6/c1-13-4-6-14(7-5-13)19(23)11-18(22(25)27-3)17-12-21(24)28-20-10-15(26-2)8-9-16(17)20/h4-10,12,18H,11H2,1-3H3. The van der Waals surface area contributed by atoms with E-state index in [1.807, 2.05) is 19.1 Å². The molecule has 0 saturated carbocycles. The van der Waals surface area contributed by atoms with E-state index in [0.29, 0.717) is 22.3 Å². The van der Waals surface area contributed by atoms with Crippen LogP contribution >= 0.6 is 0 Å². The van der Waals surface area contributed by atoms with E-state index in [2.05, 4.69) is 0 Å². The van der Waals surface area contributed by atoms with Crippen molar-refractivity contribution in [2.24, 2.45) is 0 Å². The molecule has 0 radical (unpaired) electrons. The lowest BCUT2D eigenvalue weighted by Gasteiger charge is -2.16. The molecule has 3 aromatic rings. The van der Waals surface area contributed by atoms with Crippen molar-refractivity contribution in [2.75, 3.05) is 14.2 Å². The van der Waals surface area contributed by atoms with E-state index in [0.717, 1.165) is 5.56 Å². The quantitative estimate of drug-likeness (QED) is 0.369. The number of rotatable bonds is 6. The average molecular weight is 380 g/mol. The lowest BCUT2D eigenvalue weighted by atomic mass is 9.89. The number of Topliss-reactive ketones (excluding diaryl/α,β-unsaturated/α-hetero) is 1. The molecule has 0 aliphatic rings. The molecule has 0 aliphatic heterocycles. The lowest BCUT2D eigenvalue weighted by molar-refractivity contribution is -0.142. The summed E-state index contributed by atoms with van der Waals surface area (Å²) in [5.74, 6) is -1.23. The summed E-state index contributed by atoms with van der Waals surface area (Å²) < 4.78 is 15.3. The van der Waals surface area contributed by atoms with Gasteiger partial charge >= 0.3 is 11.6 Å². The van der Waals surface area contributed by atoms with Gasteiger partial charge in [0.15, 0.2) is 5.78 Å². The first-order valence-corrected chi connectivity index (χ1v) is 8.72. The largest absolute Gasteiger partial charge is 0.497 e. The molecule has 1 aromatic heterocycles. The van der Waals surface area contributed by atoms with Gasteiger partial charge in [-0.1, -0.05) is 29.8 Å². The van der Waals surface area contributed by atoms with Crippen molar-refractivity contribution >= 4 is 22.7 Å². The summed E-state index contributed by atoms with van der Waals surface area (Å²) in [7, 11) is 2.75. The molecule has 28 heavy (non-hydrogen) atoms. The molecule has 0 aliphatic carbocycles. The van der Waals surface area contributed by atoms with E-state index < -0.39 is 17.5 Å². The Kier molecular flexibility index (Phi) is 5.59. The number of methoxy groups -OCH3 is 2. The highest BCUT2D eigenvalue weighted by Gasteiger charge is 2.28. The SMILES string of the molecule is COC(=O)C(CC(=O)c1ccc(C)cc1)c1cc(=O)oc2cc(OC)ccc12. The van der Waals surface area contributed by atoms with Gasteiger partial charge in [-0.2, -0.15) is 0 Å². The summed E-state index contributed by atoms with van der Waals surface area (Å²) in [5.41, 5.74) is 1.57. The van der Waals surface area contributed by atoms with Crippen LogP contribution in [0.4, 0.5) is 0 Å². The van der Waals surface area contributed by atoms with Crippen LogP contribution < -0.4 is 10.4 Å². The number of carbonyl (C=O) groups excluding carboxylic acids is 2. The first-order chi connectivity index (χ1) is 13.4. The highest BCUT2D eigenvalue weighted by Crippen LogP contribution is 2.31. The maximum absolute atomic E-state index is 12.8. The van der Waals surface area contributed by atoms with Gasteiger partial charge in [0, 0.05) is 29.5 Å². The highest BCUT2D eigenvalue weighted by atomic mass is 16.5. The summed E-state index contributed by atoms with van der Waals surface area (Å²) in [6.45, 7) is 1.93. The van der Waals surface area contributed by atoms with E-state index in [4.69, 9.17) is 13.9 Å². The van der Waals surface area contributed by atoms with Crippen molar-refractivity contribution in [2.45, 2.75) is 19.3 Å². The Labute approximate surface area is 161 Å². The number of ketones is 1. The topological polar surface area (TPSA) is 82.8 Å². The molecule has 0 spiro atoms. The second kappa shape index (κ2) is 8.08. The highest BCUT2D eigenvalue weighted by molar-refractivity contribution is 6.00. The smallest absolute Gasteiger partial charge is 0.336 e. The van der Waals surface area contributed by atoms with E-state index in [1.165, 1.54) is 20.3 Å². The zero-order valence-corrected chi connectivity index (χ0v) is 15.9. The molecule has 144 valence electrons. The predicted octanol–water partition coefficient (Wildman–Crippen LogP) is 3.64. The molecule has 0 fully saturated rings. The number of hydrogen-bond donors (Lipinski definition) is 0. The number of carbonyl (C=O) groups is 2. The van der Waals surface area contributed by atoms with Crippen molar-refractivity contribution < 1.29 is 23.5 Å². The molecule has 0 amide bonds. The van der Waals surface area contributed by atoms with Gasteiger partial charge < -0.3 is 13.9 Å². The van der Waals surface area contributed by atoms with Gasteiger partial charge in [0.2, 0.25) is 0 Å². The van der Waals surface area contributed by atoms with Gasteiger partial charge in [-0.25, -0.2) is 4.79 Å². The number of esters is 1. The Morgan fingerprint density at radius 2 is 1.75 bits per heavy atom. The molecule has 3 rings (SSSR count). The number of aryl methyl sites for hydroxylation is 1. The Morgan fingerprint density at radius 1 is 1.04 bits per heavy atom. The van der Waals surface area contributed by atoms with E-state index in [-0.39, 0.29) is 17.8 Å². The van der Waals surface area contributed by atoms with Gasteiger partial charge in [-0.3, -0.25) is 9.59 Å². The van der Waals surface area contributed by atoms with Crippen LogP contribution in [0.25, 0.3) is 11.0 Å². The summed E-state index contributed by atoms with van der Waals surface area (Å²) in [4.78, 5) is 37.3. The molecule has 6 heteroatoms. The number of benzene rings is 2. The van der Waals surface area contributed by atoms with E-state index in [9.17, 15) is 14.4 Å². The van der Waals surface area contributed by atoms with Gasteiger partial charge in [-0.15, -0.1) is 0 Å². The predicted molar refractivity (Wildman–Crippen MR) is 104 cm³/mol. The summed E-state index contributed by atoms with van der Waals surface area (Å²) in [6, 6.07) is 13.3. The molecule has 0 saturated heterocycles. The summed E-state index contributed by atoms with van der Waals surface area (Å²) in [6.07, 6.45) is -0.125. The third-order valence-electron chi connectivity index (χ3n) is 4.61. The van der Waals surface area contributed by atoms with Crippen LogP contribution in [0.5, 0.6) is 5.75 Å². The van der Waals surface area contributed by atoms with Crippen LogP contribution in [0.15, 0.2) is 57.7 Å². The van der Waals surface area contributed by atoms with Crippen molar-refractivity contribution in [3.05, 3.63) is 75.6 Å². The number of hydrogen-bond acceptors (Lipinski definition) is 6. The van der Waals surface area contributed by atoms with E-state index >= 15 is 0 Å². The van der Waals surface area contributed by atoms with Crippen LogP contribution in [0.3, 0.4) is 0 Å². The van der Waals surface area contributed by atoms with Crippen molar-refractivity contribution in [3.63, 3.8) is 0 Å². The average Bonchev–Trinajstić information content (AvgIpc) is 2.70. The molecule has 1 atom stereocenters. The molecular weight excluding hydrogens is 360 g/mol. The maximum atomic E-state index is 12.8. The molecule has 1 heterocycles. The molecule has 0 N–H and O–H groups in total. The van der Waals surface area contributed by atoms with Crippen molar-refractivity contribution in [3.8, 4) is 5.75 Å². The van der Waals surface area contributed by atoms with Crippen molar-refractivity contribution in [1.82, 2.24) is 0 Å². The molecular formula is C22H20O6. The second-order valence-electron chi connectivity index (χ2n) is 6.45. The molecule has 6 nitrogen and oxygen atoms in total. The summed E-state index contributed by atoms with van der Waals surface area (Å²) >= 11 is 0. The Hall–Kier alpha value is -3.41. The van der Waals surface area contributed by atoms with Crippen LogP contribution in [-0.2, 0) is 9.53 Å². The second-order valence-corrected chi connectivity index (χ2v) is 6.45. The normalized spacial score (nSPS) is 11.8. The van der Waals surface area contributed by atoms with Crippen LogP contribution in [0, 0.1) is 6.92 Å². The van der Waals surface area contributed by atoms with Gasteiger partial charge in [-0.05, 0) is 24.6 Å². The van der Waals surface area contributed by atoms with Crippen LogP contribution in [0.2, 0.25) is 0 Å². The lowest BCUT2D eigenvalue weighted by Crippen LogP contribution is -2.20. The minimum absolute atomic E-state index is 0.125. The van der Waals surface area contributed by atoms with Gasteiger partial charge in [0.1, 0.15) is 11.3 Å². The first kappa shape index (κ1) is 19.4. The zero-order valence-electron chi connectivity index (χ0n) is 15.9. The third kappa shape index (κ3) is 3.96. The Bertz CT molecular complexity index is 1080.